The monoisotopic (exact) mass is 330 g/mol. The first-order chi connectivity index (χ1) is 11.0. The maximum atomic E-state index is 12.6. The number of hydrogen-bond donors (Lipinski definition) is 0. The predicted octanol–water partition coefficient (Wildman–Crippen LogP) is 2.22. The van der Waals surface area contributed by atoms with Crippen molar-refractivity contribution < 1.29 is 13.2 Å². The predicted molar refractivity (Wildman–Crippen MR) is 87.1 cm³/mol. The Morgan fingerprint density at radius 1 is 1.35 bits per heavy atom. The summed E-state index contributed by atoms with van der Waals surface area (Å²) in [5.41, 5.74) is 1.05. The highest BCUT2D eigenvalue weighted by Gasteiger charge is 2.27. The Kier molecular flexibility index (Phi) is 4.22. The maximum Gasteiger partial charge on any atom is 0.253 e. The Labute approximate surface area is 136 Å². The normalized spacial score (nSPS) is 23.2. The lowest BCUT2D eigenvalue weighted by Crippen LogP contribution is -2.39. The van der Waals surface area contributed by atoms with E-state index in [0.29, 0.717) is 35.5 Å². The van der Waals surface area contributed by atoms with Crippen LogP contribution in [-0.4, -0.2) is 38.1 Å². The van der Waals surface area contributed by atoms with Crippen LogP contribution in [0.15, 0.2) is 30.3 Å². The molecule has 1 aromatic carbocycles. The van der Waals surface area contributed by atoms with Crippen LogP contribution < -0.4 is 0 Å². The third-order valence-corrected chi connectivity index (χ3v) is 6.18. The summed E-state index contributed by atoms with van der Waals surface area (Å²) in [5.74, 6) is -0.118. The van der Waals surface area contributed by atoms with Gasteiger partial charge in [-0.2, -0.15) is 5.26 Å². The number of nitrogens with zero attached hydrogens (tertiary/aromatic N) is 2. The van der Waals surface area contributed by atoms with Gasteiger partial charge in [0, 0.05) is 18.7 Å². The van der Waals surface area contributed by atoms with Gasteiger partial charge >= 0.3 is 0 Å². The van der Waals surface area contributed by atoms with Crippen molar-refractivity contribution in [1.29, 1.82) is 5.26 Å². The van der Waals surface area contributed by atoms with Crippen LogP contribution in [0.2, 0.25) is 0 Å². The van der Waals surface area contributed by atoms with E-state index in [-0.39, 0.29) is 17.6 Å². The number of amides is 1. The van der Waals surface area contributed by atoms with Crippen molar-refractivity contribution in [2.75, 3.05) is 18.8 Å². The second-order valence-corrected chi connectivity index (χ2v) is 8.05. The number of allylic oxidation sites excluding steroid dienone is 1. The highest BCUT2D eigenvalue weighted by Crippen LogP contribution is 2.29. The number of likely N-dealkylation sites (tertiary alicyclic amines) is 1. The Morgan fingerprint density at radius 3 is 2.87 bits per heavy atom. The molecule has 0 unspecified atom stereocenters. The van der Waals surface area contributed by atoms with Crippen LogP contribution in [0, 0.1) is 17.2 Å². The molecule has 0 aliphatic carbocycles. The average molecular weight is 330 g/mol. The summed E-state index contributed by atoms with van der Waals surface area (Å²) >= 11 is 0. The van der Waals surface area contributed by atoms with Gasteiger partial charge in [0.2, 0.25) is 0 Å². The lowest BCUT2D eigenvalue weighted by Gasteiger charge is -2.29. The van der Waals surface area contributed by atoms with E-state index < -0.39 is 9.84 Å². The van der Waals surface area contributed by atoms with Crippen molar-refractivity contribution in [2.45, 2.75) is 19.3 Å². The van der Waals surface area contributed by atoms with Gasteiger partial charge in [0.15, 0.2) is 9.84 Å². The van der Waals surface area contributed by atoms with Gasteiger partial charge in [-0.3, -0.25) is 4.79 Å². The summed E-state index contributed by atoms with van der Waals surface area (Å²) in [6.07, 6.45) is 3.88. The molecule has 1 amide bonds. The van der Waals surface area contributed by atoms with Gasteiger partial charge in [0.1, 0.15) is 0 Å². The van der Waals surface area contributed by atoms with Crippen molar-refractivity contribution in [3.05, 3.63) is 41.5 Å². The summed E-state index contributed by atoms with van der Waals surface area (Å²) in [5, 5.41) is 9.04. The molecule has 0 N–H and O–H groups in total. The van der Waals surface area contributed by atoms with Crippen LogP contribution >= 0.6 is 0 Å². The second kappa shape index (κ2) is 6.17. The molecule has 0 saturated carbocycles. The van der Waals surface area contributed by atoms with E-state index in [2.05, 4.69) is 6.07 Å². The first-order valence-corrected chi connectivity index (χ1v) is 9.39. The van der Waals surface area contributed by atoms with Gasteiger partial charge in [-0.25, -0.2) is 8.42 Å². The summed E-state index contributed by atoms with van der Waals surface area (Å²) in [6, 6.07) is 9.00. The van der Waals surface area contributed by atoms with Crippen LogP contribution in [0.5, 0.6) is 0 Å². The van der Waals surface area contributed by atoms with Crippen LogP contribution in [0.4, 0.5) is 0 Å². The van der Waals surface area contributed by atoms with E-state index in [4.69, 9.17) is 5.26 Å². The molecule has 1 fully saturated rings. The maximum absolute atomic E-state index is 12.6. The minimum Gasteiger partial charge on any atom is -0.337 e. The molecule has 1 saturated heterocycles. The first-order valence-electron chi connectivity index (χ1n) is 7.73. The third-order valence-electron chi connectivity index (χ3n) is 4.34. The minimum absolute atomic E-state index is 0.117. The molecule has 6 heteroatoms. The molecule has 23 heavy (non-hydrogen) atoms. The largest absolute Gasteiger partial charge is 0.337 e. The Balaban J connectivity index is 1.86. The molecule has 5 nitrogen and oxygen atoms in total. The molecule has 1 atom stereocenters. The summed E-state index contributed by atoms with van der Waals surface area (Å²) in [4.78, 5) is 14.6. The van der Waals surface area contributed by atoms with Crippen molar-refractivity contribution in [2.24, 2.45) is 5.92 Å². The zero-order valence-corrected chi connectivity index (χ0v) is 13.6. The molecule has 3 rings (SSSR count). The molecule has 0 radical (unpaired) electrons. The molecule has 120 valence electrons. The highest BCUT2D eigenvalue weighted by atomic mass is 32.2. The third kappa shape index (κ3) is 3.15. The van der Waals surface area contributed by atoms with Crippen molar-refractivity contribution in [3.8, 4) is 6.07 Å². The number of sulfone groups is 1. The molecule has 2 aliphatic rings. The number of carbonyl (C=O) groups excluding carboxylic acids is 1. The van der Waals surface area contributed by atoms with Gasteiger partial charge in [-0.15, -0.1) is 0 Å². The molecule has 0 spiro atoms. The number of nitriles is 1. The molecular formula is C17H18N2O3S. The Morgan fingerprint density at radius 2 is 2.17 bits per heavy atom. The van der Waals surface area contributed by atoms with Crippen LogP contribution in [0.1, 0.15) is 35.2 Å². The van der Waals surface area contributed by atoms with Crippen LogP contribution in [0.3, 0.4) is 0 Å². The van der Waals surface area contributed by atoms with Gasteiger partial charge < -0.3 is 4.90 Å². The second-order valence-electron chi connectivity index (χ2n) is 5.98. The van der Waals surface area contributed by atoms with E-state index in [1.807, 2.05) is 0 Å². The first kappa shape index (κ1) is 15.8. The number of piperidine rings is 1. The van der Waals surface area contributed by atoms with E-state index in [9.17, 15) is 13.2 Å². The number of hydrogen-bond acceptors (Lipinski definition) is 4. The molecular weight excluding hydrogens is 312 g/mol. The molecule has 2 heterocycles. The van der Waals surface area contributed by atoms with E-state index in [0.717, 1.165) is 12.8 Å². The summed E-state index contributed by atoms with van der Waals surface area (Å²) < 4.78 is 24.1. The Hall–Kier alpha value is -2.13. The highest BCUT2D eigenvalue weighted by molar-refractivity contribution is 8.00. The number of rotatable bonds is 2. The molecule has 2 aliphatic heterocycles. The number of carbonyl (C=O) groups is 1. The van der Waals surface area contributed by atoms with Crippen molar-refractivity contribution in [3.63, 3.8) is 0 Å². The van der Waals surface area contributed by atoms with E-state index in [1.54, 1.807) is 35.2 Å². The topological polar surface area (TPSA) is 78.2 Å². The molecule has 1 aromatic rings. The molecule has 0 bridgehead atoms. The van der Waals surface area contributed by atoms with Crippen molar-refractivity contribution >= 4 is 20.6 Å². The smallest absolute Gasteiger partial charge is 0.253 e. The summed E-state index contributed by atoms with van der Waals surface area (Å²) in [6.45, 7) is 1.09. The zero-order chi connectivity index (χ0) is 16.4. The van der Waals surface area contributed by atoms with Crippen LogP contribution in [0.25, 0.3) is 4.91 Å². The quantitative estimate of drug-likeness (QED) is 0.833. The standard InChI is InChI=1S/C17H18N2O3S/c18-11-13-4-2-8-19(12-13)17(20)15-6-1-5-14(10-15)16-7-3-9-23(16,21)22/h1,5-7,10,13H,2-4,8-9,12H2/t13-/m1/s1. The van der Waals surface area contributed by atoms with Crippen LogP contribution in [-0.2, 0) is 9.84 Å². The fourth-order valence-electron chi connectivity index (χ4n) is 3.13. The van der Waals surface area contributed by atoms with Gasteiger partial charge in [-0.1, -0.05) is 18.2 Å². The van der Waals surface area contributed by atoms with Gasteiger partial charge in [0.05, 0.1) is 22.6 Å². The van der Waals surface area contributed by atoms with Gasteiger partial charge in [-0.05, 0) is 37.0 Å². The number of benzene rings is 1. The zero-order valence-electron chi connectivity index (χ0n) is 12.7. The summed E-state index contributed by atoms with van der Waals surface area (Å²) in [7, 11) is -3.23. The lowest BCUT2D eigenvalue weighted by atomic mass is 9.98. The van der Waals surface area contributed by atoms with E-state index >= 15 is 0 Å². The van der Waals surface area contributed by atoms with E-state index in [1.165, 1.54) is 0 Å². The average Bonchev–Trinajstić information content (AvgIpc) is 2.93. The van der Waals surface area contributed by atoms with Gasteiger partial charge in [0.25, 0.3) is 5.91 Å². The lowest BCUT2D eigenvalue weighted by molar-refractivity contribution is 0.0698. The fourth-order valence-corrected chi connectivity index (χ4v) is 4.64. The minimum atomic E-state index is -3.23. The Bertz CT molecular complexity index is 805. The fraction of sp³-hybridized carbons (Fsp3) is 0.412. The van der Waals surface area contributed by atoms with Crippen molar-refractivity contribution in [1.82, 2.24) is 4.90 Å². The SMILES string of the molecule is N#C[C@H]1CCCN(C(=O)c2cccc(C3=CCCS3(=O)=O)c2)C1. The molecule has 0 aromatic heterocycles.